The number of thiophene rings is 1. The minimum Gasteiger partial charge on any atom is -0.465 e. The highest BCUT2D eigenvalue weighted by Gasteiger charge is 2.34. The standard InChI is InChI=1S/C24H31N3O4S/c1-18(19-10-6-5-7-11-19)25-21(28)16-27(13-8-3-4-9-14-27)17-22(29)26-20-12-15-32-23(20)24(30)31-2/h5-7,10-12,15,18H,3-4,8-9,13-14,16-17H2,1-2H3,(H-,25,26,28,29,30)/p+1/t18-/m1/s1. The van der Waals surface area contributed by atoms with Crippen molar-refractivity contribution in [1.29, 1.82) is 0 Å². The molecular weight excluding hydrogens is 426 g/mol. The number of nitrogens with one attached hydrogen (secondary N) is 2. The third-order valence-electron chi connectivity index (χ3n) is 5.96. The van der Waals surface area contributed by atoms with Gasteiger partial charge in [0.1, 0.15) is 4.88 Å². The van der Waals surface area contributed by atoms with Gasteiger partial charge in [0.15, 0.2) is 13.1 Å². The van der Waals surface area contributed by atoms with Crippen LogP contribution in [0, 0.1) is 0 Å². The molecule has 32 heavy (non-hydrogen) atoms. The lowest BCUT2D eigenvalue weighted by atomic mass is 10.1. The highest BCUT2D eigenvalue weighted by molar-refractivity contribution is 7.12. The first-order valence-electron chi connectivity index (χ1n) is 11.1. The SMILES string of the molecule is COC(=O)c1sccc1NC(=O)C[N+]1(CC(=O)N[C@H](C)c2ccccc2)CCCCCC1. The third kappa shape index (κ3) is 6.40. The highest BCUT2D eigenvalue weighted by Crippen LogP contribution is 2.24. The lowest BCUT2D eigenvalue weighted by molar-refractivity contribution is -0.912. The number of methoxy groups -OCH3 is 1. The van der Waals surface area contributed by atoms with Gasteiger partial charge < -0.3 is 19.9 Å². The maximum Gasteiger partial charge on any atom is 0.350 e. The molecule has 0 bridgehead atoms. The van der Waals surface area contributed by atoms with Crippen molar-refractivity contribution >= 4 is 34.8 Å². The van der Waals surface area contributed by atoms with Crippen LogP contribution in [0.4, 0.5) is 5.69 Å². The molecule has 0 radical (unpaired) electrons. The number of anilines is 1. The number of likely N-dealkylation sites (tertiary alicyclic amines) is 1. The monoisotopic (exact) mass is 458 g/mol. The van der Waals surface area contributed by atoms with E-state index in [1.807, 2.05) is 37.3 Å². The van der Waals surface area contributed by atoms with Crippen molar-refractivity contribution in [2.75, 3.05) is 38.6 Å². The van der Waals surface area contributed by atoms with Gasteiger partial charge in [-0.2, -0.15) is 0 Å². The van der Waals surface area contributed by atoms with Gasteiger partial charge in [-0.3, -0.25) is 9.59 Å². The zero-order valence-corrected chi connectivity index (χ0v) is 19.6. The van der Waals surface area contributed by atoms with E-state index in [2.05, 4.69) is 10.6 Å². The van der Waals surface area contributed by atoms with E-state index >= 15 is 0 Å². The normalized spacial score (nSPS) is 16.4. The summed E-state index contributed by atoms with van der Waals surface area (Å²) >= 11 is 1.23. The Morgan fingerprint density at radius 2 is 1.66 bits per heavy atom. The number of benzene rings is 1. The Morgan fingerprint density at radius 1 is 1.00 bits per heavy atom. The molecule has 3 rings (SSSR count). The maximum absolute atomic E-state index is 13.0. The molecule has 1 aromatic carbocycles. The predicted molar refractivity (Wildman–Crippen MR) is 125 cm³/mol. The molecule has 1 atom stereocenters. The fourth-order valence-corrected chi connectivity index (χ4v) is 5.07. The number of amides is 2. The van der Waals surface area contributed by atoms with E-state index in [0.717, 1.165) is 44.3 Å². The summed E-state index contributed by atoms with van der Waals surface area (Å²) in [5.74, 6) is -0.718. The number of quaternary nitrogens is 1. The summed E-state index contributed by atoms with van der Waals surface area (Å²) in [6.45, 7) is 4.00. The minimum atomic E-state index is -0.469. The molecule has 2 aromatic rings. The van der Waals surface area contributed by atoms with Crippen LogP contribution in [0.15, 0.2) is 41.8 Å². The summed E-state index contributed by atoms with van der Waals surface area (Å²) in [7, 11) is 1.32. The van der Waals surface area contributed by atoms with Gasteiger partial charge in [-0.25, -0.2) is 4.79 Å². The van der Waals surface area contributed by atoms with E-state index in [1.165, 1.54) is 18.4 Å². The minimum absolute atomic E-state index is 0.0539. The third-order valence-corrected chi connectivity index (χ3v) is 6.85. The molecule has 1 fully saturated rings. The zero-order valence-electron chi connectivity index (χ0n) is 18.8. The Balaban J connectivity index is 1.68. The van der Waals surface area contributed by atoms with Crippen LogP contribution >= 0.6 is 11.3 Å². The summed E-state index contributed by atoms with van der Waals surface area (Å²) in [6, 6.07) is 11.5. The Morgan fingerprint density at radius 3 is 2.31 bits per heavy atom. The number of carbonyl (C=O) groups excluding carboxylic acids is 3. The Labute approximate surface area is 193 Å². The number of nitrogens with zero attached hydrogens (tertiary/aromatic N) is 1. The Bertz CT molecular complexity index is 920. The molecule has 0 unspecified atom stereocenters. The average molecular weight is 459 g/mol. The van der Waals surface area contributed by atoms with Crippen LogP contribution in [-0.2, 0) is 14.3 Å². The van der Waals surface area contributed by atoms with Crippen molar-refractivity contribution in [3.05, 3.63) is 52.2 Å². The van der Waals surface area contributed by atoms with Crippen molar-refractivity contribution in [3.63, 3.8) is 0 Å². The Hall–Kier alpha value is -2.71. The largest absolute Gasteiger partial charge is 0.465 e. The van der Waals surface area contributed by atoms with Gasteiger partial charge in [-0.05, 0) is 49.6 Å². The first-order valence-corrected chi connectivity index (χ1v) is 12.0. The van der Waals surface area contributed by atoms with Crippen molar-refractivity contribution in [2.45, 2.75) is 38.6 Å². The van der Waals surface area contributed by atoms with Crippen LogP contribution in [-0.4, -0.2) is 55.6 Å². The molecule has 0 spiro atoms. The van der Waals surface area contributed by atoms with Gasteiger partial charge in [0.05, 0.1) is 31.9 Å². The van der Waals surface area contributed by atoms with Crippen LogP contribution in [0.2, 0.25) is 0 Å². The summed E-state index contributed by atoms with van der Waals surface area (Å²) in [6.07, 6.45) is 4.20. The van der Waals surface area contributed by atoms with Crippen molar-refractivity contribution in [3.8, 4) is 0 Å². The van der Waals surface area contributed by atoms with Crippen LogP contribution in [0.1, 0.15) is 53.9 Å². The molecule has 1 aromatic heterocycles. The zero-order chi connectivity index (χ0) is 23.0. The Kier molecular flexibility index (Phi) is 8.41. The molecule has 0 aliphatic carbocycles. The molecule has 1 aliphatic heterocycles. The molecule has 2 N–H and O–H groups in total. The smallest absolute Gasteiger partial charge is 0.350 e. The van der Waals surface area contributed by atoms with E-state index < -0.39 is 5.97 Å². The van der Waals surface area contributed by atoms with Crippen LogP contribution < -0.4 is 10.6 Å². The quantitative estimate of drug-likeness (QED) is 0.466. The van der Waals surface area contributed by atoms with Crippen LogP contribution in [0.3, 0.4) is 0 Å². The number of hydrogen-bond donors (Lipinski definition) is 2. The van der Waals surface area contributed by atoms with Crippen molar-refractivity contribution in [2.24, 2.45) is 0 Å². The van der Waals surface area contributed by atoms with Gasteiger partial charge in [-0.1, -0.05) is 30.3 Å². The van der Waals surface area contributed by atoms with Gasteiger partial charge in [-0.15, -0.1) is 11.3 Å². The predicted octanol–water partition coefficient (Wildman–Crippen LogP) is 3.74. The molecule has 172 valence electrons. The van der Waals surface area contributed by atoms with Crippen LogP contribution in [0.25, 0.3) is 0 Å². The molecule has 8 heteroatoms. The van der Waals surface area contributed by atoms with E-state index in [4.69, 9.17) is 4.74 Å². The average Bonchev–Trinajstić information content (AvgIpc) is 3.12. The number of hydrogen-bond acceptors (Lipinski definition) is 5. The number of rotatable bonds is 8. The van der Waals surface area contributed by atoms with Crippen molar-refractivity contribution < 1.29 is 23.6 Å². The fraction of sp³-hybridized carbons (Fsp3) is 0.458. The van der Waals surface area contributed by atoms with Gasteiger partial charge >= 0.3 is 5.97 Å². The summed E-state index contributed by atoms with van der Waals surface area (Å²) in [4.78, 5) is 38.2. The molecule has 1 aliphatic rings. The van der Waals surface area contributed by atoms with Crippen molar-refractivity contribution in [1.82, 2.24) is 5.32 Å². The second-order valence-electron chi connectivity index (χ2n) is 8.42. The molecule has 0 saturated carbocycles. The van der Waals surface area contributed by atoms with E-state index in [-0.39, 0.29) is 30.9 Å². The molecular formula is C24H32N3O4S+. The number of esters is 1. The van der Waals surface area contributed by atoms with Gasteiger partial charge in [0, 0.05) is 0 Å². The summed E-state index contributed by atoms with van der Waals surface area (Å²) in [5.41, 5.74) is 1.51. The first-order chi connectivity index (χ1) is 15.4. The number of ether oxygens (including phenoxy) is 1. The fourth-order valence-electron chi connectivity index (χ4n) is 4.30. The molecule has 7 nitrogen and oxygen atoms in total. The molecule has 2 heterocycles. The molecule has 2 amide bonds. The first kappa shape index (κ1) is 23.9. The lowest BCUT2D eigenvalue weighted by Crippen LogP contribution is -2.57. The second kappa shape index (κ2) is 11.2. The number of carbonyl (C=O) groups is 3. The highest BCUT2D eigenvalue weighted by atomic mass is 32.1. The second-order valence-corrected chi connectivity index (χ2v) is 9.34. The van der Waals surface area contributed by atoms with E-state index in [9.17, 15) is 14.4 Å². The van der Waals surface area contributed by atoms with Gasteiger partial charge in [0.2, 0.25) is 0 Å². The van der Waals surface area contributed by atoms with E-state index in [1.54, 1.807) is 11.4 Å². The molecule has 1 saturated heterocycles. The summed E-state index contributed by atoms with van der Waals surface area (Å²) in [5, 5.41) is 7.70. The topological polar surface area (TPSA) is 84.5 Å². The van der Waals surface area contributed by atoms with Gasteiger partial charge in [0.25, 0.3) is 11.8 Å². The maximum atomic E-state index is 13.0. The summed E-state index contributed by atoms with van der Waals surface area (Å²) < 4.78 is 5.22. The van der Waals surface area contributed by atoms with Crippen LogP contribution in [0.5, 0.6) is 0 Å². The lowest BCUT2D eigenvalue weighted by Gasteiger charge is -2.36. The van der Waals surface area contributed by atoms with E-state index in [0.29, 0.717) is 15.0 Å².